The highest BCUT2D eigenvalue weighted by atomic mass is 16.5. The van der Waals surface area contributed by atoms with E-state index in [9.17, 15) is 0 Å². The molecule has 0 amide bonds. The van der Waals surface area contributed by atoms with Crippen LogP contribution in [0, 0.1) is 5.41 Å². The van der Waals surface area contributed by atoms with Crippen LogP contribution < -0.4 is 0 Å². The molecule has 2 heteroatoms. The highest BCUT2D eigenvalue weighted by molar-refractivity contribution is 5.34. The van der Waals surface area contributed by atoms with Crippen LogP contribution in [0.15, 0.2) is 36.1 Å². The Morgan fingerprint density at radius 3 is 2.29 bits per heavy atom. The SMILES string of the molecule is C=C(/C(=C\C=C/C)N1CCOCC1)C(C)(C)C. The van der Waals surface area contributed by atoms with Gasteiger partial charge < -0.3 is 9.64 Å². The zero-order chi connectivity index (χ0) is 12.9. The van der Waals surface area contributed by atoms with Gasteiger partial charge in [-0.15, -0.1) is 0 Å². The van der Waals surface area contributed by atoms with Crippen molar-refractivity contribution in [3.8, 4) is 0 Å². The Balaban J connectivity index is 2.91. The van der Waals surface area contributed by atoms with Crippen LogP contribution in [-0.4, -0.2) is 31.2 Å². The fraction of sp³-hybridized carbons (Fsp3) is 0.600. The Morgan fingerprint density at radius 2 is 1.82 bits per heavy atom. The smallest absolute Gasteiger partial charge is 0.0642 e. The van der Waals surface area contributed by atoms with Gasteiger partial charge in [-0.1, -0.05) is 39.5 Å². The van der Waals surface area contributed by atoms with E-state index in [0.29, 0.717) is 0 Å². The molecule has 17 heavy (non-hydrogen) atoms. The summed E-state index contributed by atoms with van der Waals surface area (Å²) in [6.45, 7) is 16.5. The number of hydrogen-bond donors (Lipinski definition) is 0. The van der Waals surface area contributed by atoms with Crippen LogP contribution >= 0.6 is 0 Å². The molecule has 1 rings (SSSR count). The summed E-state index contributed by atoms with van der Waals surface area (Å²) in [5, 5.41) is 0. The molecule has 0 aromatic carbocycles. The average Bonchev–Trinajstić information content (AvgIpc) is 2.29. The monoisotopic (exact) mass is 235 g/mol. The molecule has 0 aromatic heterocycles. The van der Waals surface area contributed by atoms with Crippen molar-refractivity contribution >= 4 is 0 Å². The molecule has 0 bridgehead atoms. The minimum Gasteiger partial charge on any atom is -0.378 e. The predicted molar refractivity (Wildman–Crippen MR) is 73.9 cm³/mol. The molecule has 1 aliphatic rings. The summed E-state index contributed by atoms with van der Waals surface area (Å²) in [4.78, 5) is 2.37. The van der Waals surface area contributed by atoms with Crippen molar-refractivity contribution in [1.29, 1.82) is 0 Å². The second kappa shape index (κ2) is 6.06. The highest BCUT2D eigenvalue weighted by Crippen LogP contribution is 2.31. The molecule has 0 aliphatic carbocycles. The normalized spacial score (nSPS) is 18.8. The van der Waals surface area contributed by atoms with Gasteiger partial charge in [-0.2, -0.15) is 0 Å². The van der Waals surface area contributed by atoms with E-state index in [1.807, 2.05) is 6.92 Å². The lowest BCUT2D eigenvalue weighted by Gasteiger charge is -2.35. The van der Waals surface area contributed by atoms with Crippen molar-refractivity contribution in [2.24, 2.45) is 5.41 Å². The van der Waals surface area contributed by atoms with Gasteiger partial charge in [-0.05, 0) is 24.0 Å². The van der Waals surface area contributed by atoms with E-state index in [1.165, 1.54) is 11.3 Å². The van der Waals surface area contributed by atoms with Gasteiger partial charge in [0, 0.05) is 18.8 Å². The van der Waals surface area contributed by atoms with Crippen LogP contribution in [0.1, 0.15) is 27.7 Å². The summed E-state index contributed by atoms with van der Waals surface area (Å²) >= 11 is 0. The summed E-state index contributed by atoms with van der Waals surface area (Å²) in [5.74, 6) is 0. The quantitative estimate of drug-likeness (QED) is 0.695. The Hall–Kier alpha value is -1.02. The number of ether oxygens (including phenoxy) is 1. The van der Waals surface area contributed by atoms with Crippen molar-refractivity contribution in [3.63, 3.8) is 0 Å². The molecule has 2 nitrogen and oxygen atoms in total. The van der Waals surface area contributed by atoms with Gasteiger partial charge in [0.25, 0.3) is 0 Å². The summed E-state index contributed by atoms with van der Waals surface area (Å²) in [6, 6.07) is 0. The van der Waals surface area contributed by atoms with Crippen molar-refractivity contribution in [2.45, 2.75) is 27.7 Å². The standard InChI is InChI=1S/C15H25NO/c1-6-7-8-14(13(2)15(3,4)5)16-9-11-17-12-10-16/h6-8H,2,9-12H2,1,3-5H3/b7-6-,14-8+. The van der Waals surface area contributed by atoms with E-state index in [0.717, 1.165) is 26.3 Å². The zero-order valence-electron chi connectivity index (χ0n) is 11.6. The van der Waals surface area contributed by atoms with Gasteiger partial charge in [0.1, 0.15) is 0 Å². The molecular weight excluding hydrogens is 210 g/mol. The summed E-state index contributed by atoms with van der Waals surface area (Å²) in [7, 11) is 0. The van der Waals surface area contributed by atoms with E-state index in [1.54, 1.807) is 0 Å². The van der Waals surface area contributed by atoms with Crippen molar-refractivity contribution in [2.75, 3.05) is 26.3 Å². The van der Waals surface area contributed by atoms with Crippen LogP contribution in [0.5, 0.6) is 0 Å². The number of rotatable bonds is 3. The minimum absolute atomic E-state index is 0.103. The molecule has 0 radical (unpaired) electrons. The molecular formula is C15H25NO. The Kier molecular flexibility index (Phi) is 5.01. The molecule has 1 saturated heterocycles. The molecule has 0 N–H and O–H groups in total. The second-order valence-electron chi connectivity index (χ2n) is 5.41. The third kappa shape index (κ3) is 4.04. The first-order valence-electron chi connectivity index (χ1n) is 6.32. The van der Waals surface area contributed by atoms with Gasteiger partial charge in [0.15, 0.2) is 0 Å². The third-order valence-electron chi connectivity index (χ3n) is 3.01. The van der Waals surface area contributed by atoms with Gasteiger partial charge in [-0.25, -0.2) is 0 Å². The van der Waals surface area contributed by atoms with E-state index in [-0.39, 0.29) is 5.41 Å². The fourth-order valence-electron chi connectivity index (χ4n) is 1.77. The first kappa shape index (κ1) is 14.0. The van der Waals surface area contributed by atoms with Crippen LogP contribution in [0.4, 0.5) is 0 Å². The van der Waals surface area contributed by atoms with Crippen molar-refractivity contribution in [1.82, 2.24) is 4.90 Å². The molecule has 0 atom stereocenters. The van der Waals surface area contributed by atoms with E-state index < -0.39 is 0 Å². The Morgan fingerprint density at radius 1 is 1.24 bits per heavy atom. The molecule has 0 saturated carbocycles. The Labute approximate surface area is 106 Å². The number of hydrogen-bond acceptors (Lipinski definition) is 2. The van der Waals surface area contributed by atoms with Crippen LogP contribution in [0.25, 0.3) is 0 Å². The molecule has 1 heterocycles. The number of nitrogens with zero attached hydrogens (tertiary/aromatic N) is 1. The summed E-state index contributed by atoms with van der Waals surface area (Å²) in [6.07, 6.45) is 6.30. The lowest BCUT2D eigenvalue weighted by Crippen LogP contribution is -2.37. The molecule has 0 aromatic rings. The Bertz CT molecular complexity index is 314. The van der Waals surface area contributed by atoms with Crippen LogP contribution in [-0.2, 0) is 4.74 Å². The molecule has 96 valence electrons. The minimum atomic E-state index is 0.103. The first-order chi connectivity index (χ1) is 7.96. The van der Waals surface area contributed by atoms with Gasteiger partial charge in [0.05, 0.1) is 13.2 Å². The highest BCUT2D eigenvalue weighted by Gasteiger charge is 2.23. The number of allylic oxidation sites excluding steroid dienone is 4. The molecule has 1 fully saturated rings. The van der Waals surface area contributed by atoms with Gasteiger partial charge in [0.2, 0.25) is 0 Å². The lowest BCUT2D eigenvalue weighted by molar-refractivity contribution is 0.0538. The third-order valence-corrected chi connectivity index (χ3v) is 3.01. The number of morpholine rings is 1. The summed E-state index contributed by atoms with van der Waals surface area (Å²) < 4.78 is 5.40. The van der Waals surface area contributed by atoms with Gasteiger partial charge in [-0.3, -0.25) is 0 Å². The van der Waals surface area contributed by atoms with E-state index >= 15 is 0 Å². The predicted octanol–water partition coefficient (Wildman–Crippen LogP) is 3.38. The van der Waals surface area contributed by atoms with Crippen LogP contribution in [0.3, 0.4) is 0 Å². The molecule has 0 spiro atoms. The van der Waals surface area contributed by atoms with Crippen molar-refractivity contribution < 1.29 is 4.74 Å². The van der Waals surface area contributed by atoms with Crippen molar-refractivity contribution in [3.05, 3.63) is 36.1 Å². The average molecular weight is 235 g/mol. The zero-order valence-corrected chi connectivity index (χ0v) is 11.6. The first-order valence-corrected chi connectivity index (χ1v) is 6.32. The maximum Gasteiger partial charge on any atom is 0.0642 e. The van der Waals surface area contributed by atoms with Gasteiger partial charge >= 0.3 is 0 Å². The van der Waals surface area contributed by atoms with E-state index in [4.69, 9.17) is 4.74 Å². The largest absolute Gasteiger partial charge is 0.378 e. The maximum absolute atomic E-state index is 5.40. The fourth-order valence-corrected chi connectivity index (χ4v) is 1.77. The lowest BCUT2D eigenvalue weighted by atomic mass is 9.85. The summed E-state index contributed by atoms with van der Waals surface area (Å²) in [5.41, 5.74) is 2.54. The van der Waals surface area contributed by atoms with E-state index in [2.05, 4.69) is 50.5 Å². The molecule has 0 unspecified atom stereocenters. The van der Waals surface area contributed by atoms with Crippen LogP contribution in [0.2, 0.25) is 0 Å². The topological polar surface area (TPSA) is 12.5 Å². The molecule has 1 aliphatic heterocycles. The maximum atomic E-state index is 5.40. The second-order valence-corrected chi connectivity index (χ2v) is 5.41.